The number of rotatable bonds is 8. The molecule has 0 aliphatic carbocycles. The number of benzene rings is 1. The highest BCUT2D eigenvalue weighted by atomic mass is 16.5. The van der Waals surface area contributed by atoms with Crippen molar-refractivity contribution < 1.29 is 9.15 Å². The number of ether oxygens (including phenoxy) is 1. The third-order valence-corrected chi connectivity index (χ3v) is 5.70. The molecule has 164 valence electrons. The molecule has 7 heteroatoms. The molecule has 7 nitrogen and oxygen atoms in total. The monoisotopic (exact) mass is 413 g/mol. The Morgan fingerprint density at radius 2 is 2.00 bits per heavy atom. The van der Waals surface area contributed by atoms with Crippen molar-refractivity contribution in [2.75, 3.05) is 46.9 Å². The average molecular weight is 414 g/mol. The Morgan fingerprint density at radius 3 is 2.63 bits per heavy atom. The highest BCUT2D eigenvalue weighted by Crippen LogP contribution is 2.19. The molecule has 0 radical (unpaired) electrons. The van der Waals surface area contributed by atoms with Gasteiger partial charge in [0.2, 0.25) is 5.89 Å². The van der Waals surface area contributed by atoms with Crippen LogP contribution < -0.4 is 10.1 Å². The highest BCUT2D eigenvalue weighted by molar-refractivity contribution is 5.79. The SMILES string of the molecule is CN=C(NCC1CCN(Cc2nc(C)c(C)o2)CC1)N(C)CCOc1ccccc1. The fourth-order valence-corrected chi connectivity index (χ4v) is 3.69. The Labute approximate surface area is 180 Å². The maximum Gasteiger partial charge on any atom is 0.208 e. The maximum absolute atomic E-state index is 5.79. The second kappa shape index (κ2) is 11.0. The van der Waals surface area contributed by atoms with Crippen LogP contribution in [0.4, 0.5) is 0 Å². The van der Waals surface area contributed by atoms with E-state index in [1.807, 2.05) is 58.3 Å². The van der Waals surface area contributed by atoms with Crippen molar-refractivity contribution in [1.82, 2.24) is 20.1 Å². The number of aromatic nitrogens is 1. The molecule has 2 aromatic rings. The third kappa shape index (κ3) is 6.49. The van der Waals surface area contributed by atoms with Crippen molar-refractivity contribution in [3.8, 4) is 5.75 Å². The molecule has 2 heterocycles. The standard InChI is InChI=1S/C23H35N5O2/c1-18-19(2)30-22(26-18)17-28-12-10-20(11-13-28)16-25-23(24-3)27(4)14-15-29-21-8-6-5-7-9-21/h5-9,20H,10-17H2,1-4H3,(H,24,25). The summed E-state index contributed by atoms with van der Waals surface area (Å²) in [6.07, 6.45) is 2.34. The second-order valence-corrected chi connectivity index (χ2v) is 7.98. The molecule has 1 saturated heterocycles. The van der Waals surface area contributed by atoms with Crippen LogP contribution in [0.3, 0.4) is 0 Å². The first-order valence-electron chi connectivity index (χ1n) is 10.8. The van der Waals surface area contributed by atoms with Crippen molar-refractivity contribution in [2.45, 2.75) is 33.2 Å². The molecule has 1 aromatic heterocycles. The second-order valence-electron chi connectivity index (χ2n) is 7.98. The number of hydrogen-bond donors (Lipinski definition) is 1. The molecule has 0 atom stereocenters. The Kier molecular flexibility index (Phi) is 8.13. The normalized spacial score (nSPS) is 15.9. The minimum absolute atomic E-state index is 0.624. The van der Waals surface area contributed by atoms with Gasteiger partial charge < -0.3 is 19.4 Å². The molecule has 3 rings (SSSR count). The molecule has 0 saturated carbocycles. The zero-order valence-electron chi connectivity index (χ0n) is 18.7. The van der Waals surface area contributed by atoms with E-state index in [2.05, 4.69) is 25.1 Å². The first-order chi connectivity index (χ1) is 14.5. The van der Waals surface area contributed by atoms with E-state index in [0.717, 1.165) is 61.8 Å². The molecule has 0 bridgehead atoms. The van der Waals surface area contributed by atoms with E-state index in [0.29, 0.717) is 12.5 Å². The van der Waals surface area contributed by atoms with Gasteiger partial charge in [0.1, 0.15) is 18.1 Å². The van der Waals surface area contributed by atoms with E-state index in [9.17, 15) is 0 Å². The van der Waals surface area contributed by atoms with Gasteiger partial charge in [-0.1, -0.05) is 18.2 Å². The van der Waals surface area contributed by atoms with Gasteiger partial charge in [-0.3, -0.25) is 9.89 Å². The molecular formula is C23H35N5O2. The summed E-state index contributed by atoms with van der Waals surface area (Å²) in [4.78, 5) is 13.5. The van der Waals surface area contributed by atoms with Crippen molar-refractivity contribution in [2.24, 2.45) is 10.9 Å². The number of aliphatic imine (C=N–C) groups is 1. The van der Waals surface area contributed by atoms with Crippen LogP contribution in [0.5, 0.6) is 5.75 Å². The number of nitrogens with one attached hydrogen (secondary N) is 1. The topological polar surface area (TPSA) is 66.1 Å². The van der Waals surface area contributed by atoms with Gasteiger partial charge in [0.25, 0.3) is 0 Å². The molecule has 1 N–H and O–H groups in total. The smallest absolute Gasteiger partial charge is 0.208 e. The number of likely N-dealkylation sites (N-methyl/N-ethyl adjacent to an activating group) is 1. The van der Waals surface area contributed by atoms with E-state index in [4.69, 9.17) is 9.15 Å². The van der Waals surface area contributed by atoms with Crippen molar-refractivity contribution in [3.05, 3.63) is 47.7 Å². The number of piperidine rings is 1. The van der Waals surface area contributed by atoms with Gasteiger partial charge in [0, 0.05) is 20.6 Å². The summed E-state index contributed by atoms with van der Waals surface area (Å²) in [7, 11) is 3.88. The van der Waals surface area contributed by atoms with Crippen LogP contribution in [0.25, 0.3) is 0 Å². The van der Waals surface area contributed by atoms with Crippen molar-refractivity contribution >= 4 is 5.96 Å². The number of para-hydroxylation sites is 1. The van der Waals surface area contributed by atoms with Gasteiger partial charge in [-0.25, -0.2) is 4.98 Å². The van der Waals surface area contributed by atoms with E-state index in [1.54, 1.807) is 0 Å². The van der Waals surface area contributed by atoms with E-state index in [1.165, 1.54) is 12.8 Å². The lowest BCUT2D eigenvalue weighted by Gasteiger charge is -2.32. The zero-order chi connectivity index (χ0) is 21.3. The maximum atomic E-state index is 5.79. The number of nitrogens with zero attached hydrogens (tertiary/aromatic N) is 4. The van der Waals surface area contributed by atoms with Crippen LogP contribution in [0.1, 0.15) is 30.2 Å². The van der Waals surface area contributed by atoms with Gasteiger partial charge in [-0.05, 0) is 57.8 Å². The zero-order valence-corrected chi connectivity index (χ0v) is 18.7. The average Bonchev–Trinajstić information content (AvgIpc) is 3.07. The molecule has 1 aliphatic heterocycles. The summed E-state index contributed by atoms with van der Waals surface area (Å²) < 4.78 is 11.5. The number of hydrogen-bond acceptors (Lipinski definition) is 5. The predicted molar refractivity (Wildman–Crippen MR) is 120 cm³/mol. The third-order valence-electron chi connectivity index (χ3n) is 5.70. The number of aryl methyl sites for hydroxylation is 2. The summed E-state index contributed by atoms with van der Waals surface area (Å²) in [6.45, 7) is 9.28. The van der Waals surface area contributed by atoms with E-state index in [-0.39, 0.29) is 0 Å². The highest BCUT2D eigenvalue weighted by Gasteiger charge is 2.21. The predicted octanol–water partition coefficient (Wildman–Crippen LogP) is 3.09. The number of oxazole rings is 1. The Bertz CT molecular complexity index is 778. The largest absolute Gasteiger partial charge is 0.492 e. The van der Waals surface area contributed by atoms with Crippen molar-refractivity contribution in [3.63, 3.8) is 0 Å². The van der Waals surface area contributed by atoms with Crippen LogP contribution >= 0.6 is 0 Å². The summed E-state index contributed by atoms with van der Waals surface area (Å²) in [6, 6.07) is 9.91. The van der Waals surface area contributed by atoms with Crippen molar-refractivity contribution in [1.29, 1.82) is 0 Å². The molecule has 30 heavy (non-hydrogen) atoms. The minimum Gasteiger partial charge on any atom is -0.492 e. The minimum atomic E-state index is 0.624. The first kappa shape index (κ1) is 22.2. The fourth-order valence-electron chi connectivity index (χ4n) is 3.69. The van der Waals surface area contributed by atoms with Gasteiger partial charge >= 0.3 is 0 Å². The summed E-state index contributed by atoms with van der Waals surface area (Å²) >= 11 is 0. The van der Waals surface area contributed by atoms with Crippen LogP contribution in [-0.2, 0) is 6.54 Å². The van der Waals surface area contributed by atoms with Crippen LogP contribution in [-0.4, -0.2) is 67.6 Å². The molecule has 1 aromatic carbocycles. The van der Waals surface area contributed by atoms with Gasteiger partial charge in [-0.2, -0.15) is 0 Å². The molecule has 1 aliphatic rings. The van der Waals surface area contributed by atoms with Crippen LogP contribution in [0.15, 0.2) is 39.7 Å². The quantitative estimate of drug-likeness (QED) is 0.530. The summed E-state index contributed by atoms with van der Waals surface area (Å²) in [5, 5.41) is 3.53. The van der Waals surface area contributed by atoms with Gasteiger partial charge in [-0.15, -0.1) is 0 Å². The fraction of sp³-hybridized carbons (Fsp3) is 0.565. The lowest BCUT2D eigenvalue weighted by Crippen LogP contribution is -2.44. The first-order valence-corrected chi connectivity index (χ1v) is 10.8. The Hall–Kier alpha value is -2.54. The van der Waals surface area contributed by atoms with E-state index < -0.39 is 0 Å². The molecule has 1 fully saturated rings. The lowest BCUT2D eigenvalue weighted by molar-refractivity contribution is 0.163. The van der Waals surface area contributed by atoms with E-state index >= 15 is 0 Å². The van der Waals surface area contributed by atoms with Gasteiger partial charge in [0.15, 0.2) is 5.96 Å². The van der Waals surface area contributed by atoms with Crippen LogP contribution in [0, 0.1) is 19.8 Å². The summed E-state index contributed by atoms with van der Waals surface area (Å²) in [5.41, 5.74) is 0.994. The molecule has 0 unspecified atom stereocenters. The van der Waals surface area contributed by atoms with Crippen LogP contribution in [0.2, 0.25) is 0 Å². The van der Waals surface area contributed by atoms with Gasteiger partial charge in [0.05, 0.1) is 18.8 Å². The number of guanidine groups is 1. The summed E-state index contributed by atoms with van der Waals surface area (Å²) in [5.74, 6) is 4.23. The Balaban J connectivity index is 1.35. The molecule has 0 spiro atoms. The lowest BCUT2D eigenvalue weighted by atomic mass is 9.97. The Morgan fingerprint density at radius 1 is 1.27 bits per heavy atom. The molecule has 0 amide bonds. The number of likely N-dealkylation sites (tertiary alicyclic amines) is 1. The molecular weight excluding hydrogens is 378 g/mol.